The van der Waals surface area contributed by atoms with Gasteiger partial charge in [-0.3, -0.25) is 0 Å². The number of halogens is 2. The average Bonchev–Trinajstić information content (AvgIpc) is 2.63. The maximum atomic E-state index is 5.75. The van der Waals surface area contributed by atoms with Gasteiger partial charge in [-0.1, -0.05) is 23.4 Å². The van der Waals surface area contributed by atoms with Gasteiger partial charge in [0.25, 0.3) is 0 Å². The molecular formula is C9H6BrClN2S2. The molecule has 0 amide bonds. The molecule has 2 nitrogen and oxygen atoms in total. The molecule has 2 rings (SSSR count). The molecule has 0 bridgehead atoms. The van der Waals surface area contributed by atoms with E-state index in [4.69, 9.17) is 11.6 Å². The molecule has 0 fully saturated rings. The van der Waals surface area contributed by atoms with Crippen LogP contribution in [0.5, 0.6) is 0 Å². The Kier molecular flexibility index (Phi) is 4.02. The monoisotopic (exact) mass is 320 g/mol. The highest BCUT2D eigenvalue weighted by atomic mass is 79.9. The zero-order valence-electron chi connectivity index (χ0n) is 7.48. The molecule has 0 aliphatic carbocycles. The van der Waals surface area contributed by atoms with Crippen molar-refractivity contribution in [3.05, 3.63) is 38.3 Å². The lowest BCUT2D eigenvalue weighted by Crippen LogP contribution is -1.81. The second-order valence-electron chi connectivity index (χ2n) is 2.66. The molecule has 6 heteroatoms. The summed E-state index contributed by atoms with van der Waals surface area (Å²) in [4.78, 5) is 9.41. The first-order chi connectivity index (χ1) is 7.25. The van der Waals surface area contributed by atoms with Gasteiger partial charge in [0.1, 0.15) is 5.03 Å². The van der Waals surface area contributed by atoms with Gasteiger partial charge in [0.2, 0.25) is 0 Å². The Morgan fingerprint density at radius 1 is 1.47 bits per heavy atom. The van der Waals surface area contributed by atoms with Gasteiger partial charge in [0.15, 0.2) is 4.47 Å². The van der Waals surface area contributed by atoms with Crippen LogP contribution >= 0.6 is 50.6 Å². The zero-order valence-corrected chi connectivity index (χ0v) is 11.5. The fourth-order valence-corrected chi connectivity index (χ4v) is 3.45. The first-order valence-corrected chi connectivity index (χ1v) is 7.06. The van der Waals surface area contributed by atoms with E-state index >= 15 is 0 Å². The van der Waals surface area contributed by atoms with E-state index in [1.165, 1.54) is 11.3 Å². The van der Waals surface area contributed by atoms with E-state index in [0.29, 0.717) is 4.47 Å². The molecule has 2 aromatic rings. The summed E-state index contributed by atoms with van der Waals surface area (Å²) < 4.78 is 1.61. The van der Waals surface area contributed by atoms with E-state index < -0.39 is 0 Å². The van der Waals surface area contributed by atoms with Crippen molar-refractivity contribution in [2.45, 2.75) is 10.8 Å². The average molecular weight is 322 g/mol. The Hall–Kier alpha value is -0.100. The van der Waals surface area contributed by atoms with E-state index in [-0.39, 0.29) is 0 Å². The van der Waals surface area contributed by atoms with Crippen molar-refractivity contribution >= 4 is 50.6 Å². The minimum atomic E-state index is 0.589. The number of hydrogen-bond acceptors (Lipinski definition) is 4. The van der Waals surface area contributed by atoms with E-state index in [2.05, 4.69) is 25.9 Å². The summed E-state index contributed by atoms with van der Waals surface area (Å²) in [7, 11) is 0. The molecule has 0 aromatic carbocycles. The molecule has 0 saturated heterocycles. The van der Waals surface area contributed by atoms with Crippen molar-refractivity contribution in [2.75, 3.05) is 0 Å². The Labute approximate surface area is 109 Å². The Bertz CT molecular complexity index is 461. The smallest absolute Gasteiger partial charge is 0.183 e. The van der Waals surface area contributed by atoms with Crippen molar-refractivity contribution in [1.82, 2.24) is 9.97 Å². The Morgan fingerprint density at radius 2 is 2.33 bits per heavy atom. The van der Waals surface area contributed by atoms with Crippen LogP contribution in [0.15, 0.2) is 34.0 Å². The van der Waals surface area contributed by atoms with E-state index in [9.17, 15) is 0 Å². The molecular weight excluding hydrogens is 316 g/mol. The maximum absolute atomic E-state index is 5.75. The first-order valence-electron chi connectivity index (χ1n) is 4.09. The minimum Gasteiger partial charge on any atom is -0.249 e. The van der Waals surface area contributed by atoms with Crippen molar-refractivity contribution in [3.8, 4) is 0 Å². The van der Waals surface area contributed by atoms with Gasteiger partial charge < -0.3 is 0 Å². The number of rotatable bonds is 3. The topological polar surface area (TPSA) is 25.8 Å². The fraction of sp³-hybridized carbons (Fsp3) is 0.111. The third kappa shape index (κ3) is 3.17. The van der Waals surface area contributed by atoms with Crippen molar-refractivity contribution in [1.29, 1.82) is 0 Å². The largest absolute Gasteiger partial charge is 0.249 e. The van der Waals surface area contributed by atoms with Gasteiger partial charge in [-0.2, -0.15) is 0 Å². The highest BCUT2D eigenvalue weighted by Gasteiger charge is 2.04. The molecule has 78 valence electrons. The van der Waals surface area contributed by atoms with Crippen molar-refractivity contribution < 1.29 is 0 Å². The number of hydrogen-bond donors (Lipinski definition) is 0. The van der Waals surface area contributed by atoms with Gasteiger partial charge in [0.05, 0.1) is 0 Å². The molecule has 0 saturated carbocycles. The van der Waals surface area contributed by atoms with Crippen LogP contribution in [-0.4, -0.2) is 9.97 Å². The van der Waals surface area contributed by atoms with E-state index in [0.717, 1.165) is 20.1 Å². The summed E-state index contributed by atoms with van der Waals surface area (Å²) in [6.07, 6.45) is 3.59. The molecule has 0 aliphatic heterocycles. The number of pyridine rings is 1. The van der Waals surface area contributed by atoms with Crippen LogP contribution in [0.4, 0.5) is 0 Å². The predicted molar refractivity (Wildman–Crippen MR) is 68.6 cm³/mol. The normalized spacial score (nSPS) is 10.5. The highest BCUT2D eigenvalue weighted by molar-refractivity contribution is 9.10. The summed E-state index contributed by atoms with van der Waals surface area (Å²) in [6.45, 7) is 0. The lowest BCUT2D eigenvalue weighted by atomic mass is 10.5. The van der Waals surface area contributed by atoms with Gasteiger partial charge >= 0.3 is 0 Å². The second-order valence-corrected chi connectivity index (χ2v) is 6.17. The summed E-state index contributed by atoms with van der Waals surface area (Å²) in [5, 5.41) is 0.988. The number of nitrogens with zero attached hydrogens (tertiary/aromatic N) is 2. The molecule has 0 unspecified atom stereocenters. The van der Waals surface area contributed by atoms with E-state index in [1.807, 2.05) is 12.1 Å². The summed E-state index contributed by atoms with van der Waals surface area (Å²) in [5.74, 6) is 0.847. The quantitative estimate of drug-likeness (QED) is 0.791. The molecule has 15 heavy (non-hydrogen) atoms. The van der Waals surface area contributed by atoms with Crippen LogP contribution in [0, 0.1) is 0 Å². The number of thiazole rings is 1. The van der Waals surface area contributed by atoms with Crippen LogP contribution in [0.3, 0.4) is 0 Å². The SMILES string of the molecule is Clc1ncc(CSc2ncccc2Br)s1. The number of thioether (sulfide) groups is 1. The van der Waals surface area contributed by atoms with Crippen LogP contribution in [0.25, 0.3) is 0 Å². The highest BCUT2D eigenvalue weighted by Crippen LogP contribution is 2.30. The van der Waals surface area contributed by atoms with Crippen LogP contribution < -0.4 is 0 Å². The summed E-state index contributed by atoms with van der Waals surface area (Å²) >= 11 is 12.4. The third-order valence-electron chi connectivity index (χ3n) is 1.60. The molecule has 0 aliphatic rings. The zero-order chi connectivity index (χ0) is 10.7. The van der Waals surface area contributed by atoms with Crippen LogP contribution in [0.1, 0.15) is 4.88 Å². The van der Waals surface area contributed by atoms with Gasteiger partial charge in [-0.05, 0) is 28.1 Å². The van der Waals surface area contributed by atoms with Crippen LogP contribution in [0.2, 0.25) is 4.47 Å². The molecule has 0 N–H and O–H groups in total. The molecule has 2 heterocycles. The summed E-state index contributed by atoms with van der Waals surface area (Å²) in [5.41, 5.74) is 0. The van der Waals surface area contributed by atoms with Gasteiger partial charge in [-0.15, -0.1) is 11.3 Å². The third-order valence-corrected chi connectivity index (χ3v) is 4.86. The first kappa shape index (κ1) is 11.4. The lowest BCUT2D eigenvalue weighted by molar-refractivity contribution is 1.11. The molecule has 2 aromatic heterocycles. The van der Waals surface area contributed by atoms with E-state index in [1.54, 1.807) is 24.2 Å². The molecule has 0 radical (unpaired) electrons. The Balaban J connectivity index is 2.02. The minimum absolute atomic E-state index is 0.589. The molecule has 0 atom stereocenters. The van der Waals surface area contributed by atoms with Crippen LogP contribution in [-0.2, 0) is 5.75 Å². The lowest BCUT2D eigenvalue weighted by Gasteiger charge is -2.00. The van der Waals surface area contributed by atoms with Gasteiger partial charge in [-0.25, -0.2) is 9.97 Å². The van der Waals surface area contributed by atoms with Crippen molar-refractivity contribution in [2.24, 2.45) is 0 Å². The fourth-order valence-electron chi connectivity index (χ4n) is 0.967. The second kappa shape index (κ2) is 5.30. The standard InChI is InChI=1S/C9H6BrClN2S2/c10-7-2-1-3-12-8(7)14-5-6-4-13-9(11)15-6/h1-4H,5H2. The maximum Gasteiger partial charge on any atom is 0.183 e. The van der Waals surface area contributed by atoms with Gasteiger partial charge in [0, 0.05) is 27.5 Å². The van der Waals surface area contributed by atoms with Crippen molar-refractivity contribution in [3.63, 3.8) is 0 Å². The number of aromatic nitrogens is 2. The Morgan fingerprint density at radius 3 is 3.00 bits per heavy atom. The molecule has 0 spiro atoms. The predicted octanol–water partition coefficient (Wildman–Crippen LogP) is 4.25. The summed E-state index contributed by atoms with van der Waals surface area (Å²) in [6, 6.07) is 3.88.